The van der Waals surface area contributed by atoms with Gasteiger partial charge in [-0.15, -0.1) is 0 Å². The van der Waals surface area contributed by atoms with Crippen molar-refractivity contribution in [3.8, 4) is 17.6 Å². The van der Waals surface area contributed by atoms with E-state index < -0.39 is 40.7 Å². The molecule has 1 fully saturated rings. The molecule has 0 spiro atoms. The van der Waals surface area contributed by atoms with Crippen molar-refractivity contribution in [2.24, 2.45) is 5.41 Å². The number of nitrogens with one attached hydrogen (secondary N) is 2. The first-order valence-electron chi connectivity index (χ1n) is 13.2. The highest BCUT2D eigenvalue weighted by Gasteiger charge is 2.46. The average molecular weight is 580 g/mol. The molecule has 41 heavy (non-hydrogen) atoms. The van der Waals surface area contributed by atoms with E-state index in [-0.39, 0.29) is 23.1 Å². The van der Waals surface area contributed by atoms with Gasteiger partial charge in [-0.2, -0.15) is 10.4 Å². The molecule has 0 bridgehead atoms. The van der Waals surface area contributed by atoms with Crippen LogP contribution in [0, 0.1) is 36.4 Å². The second-order valence-corrected chi connectivity index (χ2v) is 11.3. The molecule has 0 radical (unpaired) electrons. The summed E-state index contributed by atoms with van der Waals surface area (Å²) in [5.41, 5.74) is 0.0302. The third kappa shape index (κ3) is 6.25. The molecule has 2 heterocycles. The number of carbonyl (C=O) groups is 2. The van der Waals surface area contributed by atoms with Crippen LogP contribution in [-0.2, 0) is 4.79 Å². The molecule has 1 aliphatic heterocycles. The first-order valence-corrected chi connectivity index (χ1v) is 13.5. The second kappa shape index (κ2) is 11.7. The minimum Gasteiger partial charge on any atom is -0.451 e. The van der Waals surface area contributed by atoms with Gasteiger partial charge in [0, 0.05) is 17.2 Å². The number of amides is 2. The third-order valence-corrected chi connectivity index (χ3v) is 7.57. The van der Waals surface area contributed by atoms with Crippen molar-refractivity contribution in [2.45, 2.75) is 65.6 Å². The lowest BCUT2D eigenvalue weighted by molar-refractivity contribution is -0.137. The summed E-state index contributed by atoms with van der Waals surface area (Å²) in [6, 6.07) is 11.5. The number of hydrogen-bond acceptors (Lipinski definition) is 6. The summed E-state index contributed by atoms with van der Waals surface area (Å²) in [4.78, 5) is 40.7. The van der Waals surface area contributed by atoms with Gasteiger partial charge < -0.3 is 15.0 Å². The molecule has 1 aliphatic rings. The van der Waals surface area contributed by atoms with E-state index in [1.807, 2.05) is 6.07 Å². The quantitative estimate of drug-likeness (QED) is 0.387. The predicted octanol–water partition coefficient (Wildman–Crippen LogP) is 5.37. The molecule has 1 saturated heterocycles. The molecule has 0 saturated carbocycles. The van der Waals surface area contributed by atoms with Crippen LogP contribution in [0.3, 0.4) is 0 Å². The lowest BCUT2D eigenvalue weighted by Crippen LogP contribution is -2.52. The fourth-order valence-corrected chi connectivity index (χ4v) is 5.32. The molecule has 11 heteroatoms. The van der Waals surface area contributed by atoms with Crippen LogP contribution in [-0.4, -0.2) is 39.0 Å². The van der Waals surface area contributed by atoms with Gasteiger partial charge in [0.05, 0.1) is 34.8 Å². The number of halogens is 2. The molecular weight excluding hydrogens is 549 g/mol. The second-order valence-electron chi connectivity index (χ2n) is 10.8. The van der Waals surface area contributed by atoms with Gasteiger partial charge in [-0.3, -0.25) is 14.4 Å². The van der Waals surface area contributed by atoms with Gasteiger partial charge in [-0.05, 0) is 76.8 Å². The van der Waals surface area contributed by atoms with E-state index in [0.29, 0.717) is 29.1 Å². The zero-order chi connectivity index (χ0) is 30.1. The van der Waals surface area contributed by atoms with Gasteiger partial charge in [-0.1, -0.05) is 23.7 Å². The molecule has 2 amide bonds. The molecule has 1 unspecified atom stereocenters. The smallest absolute Gasteiger partial charge is 0.307 e. The van der Waals surface area contributed by atoms with E-state index in [2.05, 4.69) is 21.6 Å². The van der Waals surface area contributed by atoms with Gasteiger partial charge in [0.15, 0.2) is 5.75 Å². The molecule has 2 N–H and O–H groups in total. The standard InChI is InChI=1S/C30H31ClFN5O4/c1-16-11-21(22(32)14-24(16)41-25-12-17(2)35-36-28(25)39)27(38)34-18(3)29(40)37-23(19-7-6-8-20(31)13-19)9-10-26(37)30(4,5)15-33/h6-8,11-14,18,23,26H,9-10H2,1-5H3,(H,34,38)(H,36,39)/t18?,23-,26+/m0/s1. The van der Waals surface area contributed by atoms with Crippen LogP contribution in [0.15, 0.2) is 47.3 Å². The topological polar surface area (TPSA) is 128 Å². The predicted molar refractivity (Wildman–Crippen MR) is 151 cm³/mol. The van der Waals surface area contributed by atoms with E-state index in [1.54, 1.807) is 50.8 Å². The van der Waals surface area contributed by atoms with Crippen molar-refractivity contribution in [3.63, 3.8) is 0 Å². The summed E-state index contributed by atoms with van der Waals surface area (Å²) in [6.07, 6.45) is 1.22. The SMILES string of the molecule is Cc1cc(Oc2cc(F)c(C(=O)NC(C)C(=O)N3[C@H](c4cccc(Cl)c4)CC[C@@H]3C(C)(C)C#N)cc2C)c(=O)[nH]n1. The number of nitriles is 1. The Bertz CT molecular complexity index is 1600. The number of H-pyrrole nitrogens is 1. The normalized spacial score (nSPS) is 17.6. The van der Waals surface area contributed by atoms with E-state index >= 15 is 4.39 Å². The number of aromatic amines is 1. The summed E-state index contributed by atoms with van der Waals surface area (Å²) >= 11 is 6.22. The molecular formula is C30H31ClFN5O4. The molecule has 1 aromatic heterocycles. The highest BCUT2D eigenvalue weighted by molar-refractivity contribution is 6.30. The Kier molecular flexibility index (Phi) is 8.50. The Labute approximate surface area is 242 Å². The summed E-state index contributed by atoms with van der Waals surface area (Å²) in [5, 5.41) is 19.1. The summed E-state index contributed by atoms with van der Waals surface area (Å²) in [5.74, 6) is -2.07. The number of carbonyl (C=O) groups excluding carboxylic acids is 2. The van der Waals surface area contributed by atoms with Crippen LogP contribution in [0.25, 0.3) is 0 Å². The van der Waals surface area contributed by atoms with Crippen molar-refractivity contribution >= 4 is 23.4 Å². The van der Waals surface area contributed by atoms with E-state index in [4.69, 9.17) is 16.3 Å². The lowest BCUT2D eigenvalue weighted by Gasteiger charge is -2.38. The molecule has 3 atom stereocenters. The molecule has 0 aliphatic carbocycles. The van der Waals surface area contributed by atoms with Crippen LogP contribution in [0.2, 0.25) is 5.02 Å². The van der Waals surface area contributed by atoms with Crippen molar-refractivity contribution in [3.05, 3.63) is 86.0 Å². The van der Waals surface area contributed by atoms with Gasteiger partial charge in [-0.25, -0.2) is 9.49 Å². The number of likely N-dealkylation sites (tertiary alicyclic amines) is 1. The summed E-state index contributed by atoms with van der Waals surface area (Å²) in [7, 11) is 0. The fourth-order valence-electron chi connectivity index (χ4n) is 5.13. The molecule has 4 rings (SSSR count). The van der Waals surface area contributed by atoms with Crippen LogP contribution in [0.5, 0.6) is 11.5 Å². The van der Waals surface area contributed by atoms with E-state index in [1.165, 1.54) is 19.1 Å². The monoisotopic (exact) mass is 579 g/mol. The third-order valence-electron chi connectivity index (χ3n) is 7.34. The fraction of sp³-hybridized carbons (Fsp3) is 0.367. The van der Waals surface area contributed by atoms with Crippen LogP contribution >= 0.6 is 11.6 Å². The molecule has 3 aromatic rings. The first kappa shape index (κ1) is 29.7. The number of hydrogen-bond donors (Lipinski definition) is 2. The highest BCUT2D eigenvalue weighted by atomic mass is 35.5. The maximum absolute atomic E-state index is 15.1. The van der Waals surface area contributed by atoms with Crippen LogP contribution in [0.1, 0.15) is 66.8 Å². The van der Waals surface area contributed by atoms with Crippen molar-refractivity contribution in [1.82, 2.24) is 20.4 Å². The first-order chi connectivity index (χ1) is 19.3. The zero-order valence-corrected chi connectivity index (χ0v) is 24.2. The van der Waals surface area contributed by atoms with Crippen molar-refractivity contribution in [1.29, 1.82) is 5.26 Å². The molecule has 9 nitrogen and oxygen atoms in total. The molecule has 2 aromatic carbocycles. The van der Waals surface area contributed by atoms with E-state index in [9.17, 15) is 19.6 Å². The lowest BCUT2D eigenvalue weighted by atomic mass is 9.84. The summed E-state index contributed by atoms with van der Waals surface area (Å²) < 4.78 is 20.7. The van der Waals surface area contributed by atoms with Crippen molar-refractivity contribution < 1.29 is 18.7 Å². The number of aryl methyl sites for hydroxylation is 2. The van der Waals surface area contributed by atoms with Crippen LogP contribution < -0.4 is 15.6 Å². The van der Waals surface area contributed by atoms with E-state index in [0.717, 1.165) is 11.6 Å². The Morgan fingerprint density at radius 1 is 1.22 bits per heavy atom. The summed E-state index contributed by atoms with van der Waals surface area (Å²) in [6.45, 7) is 8.37. The van der Waals surface area contributed by atoms with Crippen molar-refractivity contribution in [2.75, 3.05) is 0 Å². The zero-order valence-electron chi connectivity index (χ0n) is 23.4. The minimum absolute atomic E-state index is 0.0577. The number of nitrogens with zero attached hydrogens (tertiary/aromatic N) is 3. The Hall–Kier alpha value is -4.23. The number of aromatic nitrogens is 2. The van der Waals surface area contributed by atoms with Crippen LogP contribution in [0.4, 0.5) is 4.39 Å². The highest BCUT2D eigenvalue weighted by Crippen LogP contribution is 2.43. The Balaban J connectivity index is 1.57. The average Bonchev–Trinajstić information content (AvgIpc) is 3.38. The number of benzene rings is 2. The molecule has 214 valence electrons. The maximum atomic E-state index is 15.1. The largest absolute Gasteiger partial charge is 0.451 e. The Morgan fingerprint density at radius 2 is 1.95 bits per heavy atom. The van der Waals surface area contributed by atoms with Gasteiger partial charge in [0.25, 0.3) is 5.91 Å². The number of rotatable bonds is 7. The number of ether oxygens (including phenoxy) is 1. The minimum atomic E-state index is -1.02. The van der Waals surface area contributed by atoms with Gasteiger partial charge in [0.1, 0.15) is 17.6 Å². The Morgan fingerprint density at radius 3 is 2.63 bits per heavy atom. The van der Waals surface area contributed by atoms with Gasteiger partial charge >= 0.3 is 5.56 Å². The van der Waals surface area contributed by atoms with Gasteiger partial charge in [0.2, 0.25) is 5.91 Å². The maximum Gasteiger partial charge on any atom is 0.307 e.